The SMILES string of the molecule is O=C(CSc1nc2ccccc2c(=O)n1C1CCCC1)Nc1cccc(S(=O)(=O)N2CCCCC2)c1. The minimum atomic E-state index is -3.59. The number of carbonyl (C=O) groups is 1. The van der Waals surface area contributed by atoms with Crippen LogP contribution in [0, 0.1) is 0 Å². The summed E-state index contributed by atoms with van der Waals surface area (Å²) in [5.41, 5.74) is 0.986. The van der Waals surface area contributed by atoms with E-state index in [0.29, 0.717) is 34.8 Å². The van der Waals surface area contributed by atoms with Gasteiger partial charge in [0.1, 0.15) is 0 Å². The molecule has 1 aromatic heterocycles. The standard InChI is InChI=1S/C26H30N4O4S2/c31-24(27-19-9-8-12-21(17-19)36(33,34)29-15-6-1-7-16-29)18-35-26-28-23-14-5-4-13-22(23)25(32)30(26)20-10-2-3-11-20/h4-5,8-9,12-14,17,20H,1-3,6-7,10-11,15-16,18H2,(H,27,31). The Morgan fingerprint density at radius 3 is 2.53 bits per heavy atom. The summed E-state index contributed by atoms with van der Waals surface area (Å²) in [5, 5.41) is 3.94. The quantitative estimate of drug-likeness (QED) is 0.361. The van der Waals surface area contributed by atoms with Crippen molar-refractivity contribution in [2.24, 2.45) is 0 Å². The van der Waals surface area contributed by atoms with Gasteiger partial charge in [0.05, 0.1) is 21.6 Å². The highest BCUT2D eigenvalue weighted by Gasteiger charge is 2.26. The lowest BCUT2D eigenvalue weighted by molar-refractivity contribution is -0.113. The Balaban J connectivity index is 1.32. The van der Waals surface area contributed by atoms with E-state index in [1.165, 1.54) is 22.1 Å². The summed E-state index contributed by atoms with van der Waals surface area (Å²) in [6, 6.07) is 13.8. The maximum absolute atomic E-state index is 13.3. The highest BCUT2D eigenvalue weighted by atomic mass is 32.2. The fraction of sp³-hybridized carbons (Fsp3) is 0.423. The first-order valence-electron chi connectivity index (χ1n) is 12.5. The van der Waals surface area contributed by atoms with E-state index in [1.54, 1.807) is 28.8 Å². The molecule has 8 nitrogen and oxygen atoms in total. The van der Waals surface area contributed by atoms with Crippen LogP contribution in [0.2, 0.25) is 0 Å². The van der Waals surface area contributed by atoms with Crippen LogP contribution < -0.4 is 10.9 Å². The van der Waals surface area contributed by atoms with E-state index in [0.717, 1.165) is 44.9 Å². The number of para-hydroxylation sites is 1. The van der Waals surface area contributed by atoms with Gasteiger partial charge in [-0.15, -0.1) is 0 Å². The average Bonchev–Trinajstić information content (AvgIpc) is 3.43. The largest absolute Gasteiger partial charge is 0.325 e. The van der Waals surface area contributed by atoms with Gasteiger partial charge in [-0.1, -0.05) is 49.2 Å². The topological polar surface area (TPSA) is 101 Å². The fourth-order valence-electron chi connectivity index (χ4n) is 5.03. The third-order valence-corrected chi connectivity index (χ3v) is 9.72. The van der Waals surface area contributed by atoms with Gasteiger partial charge < -0.3 is 5.32 Å². The van der Waals surface area contributed by atoms with Crippen LogP contribution in [0.4, 0.5) is 5.69 Å². The zero-order valence-corrected chi connectivity index (χ0v) is 21.7. The summed E-state index contributed by atoms with van der Waals surface area (Å²) in [6.07, 6.45) is 6.77. The molecule has 1 aliphatic heterocycles. The predicted molar refractivity (Wildman–Crippen MR) is 142 cm³/mol. The summed E-state index contributed by atoms with van der Waals surface area (Å²) in [5.74, 6) is -0.228. The molecule has 5 rings (SSSR count). The molecular weight excluding hydrogens is 496 g/mol. The molecule has 1 aliphatic carbocycles. The smallest absolute Gasteiger partial charge is 0.262 e. The van der Waals surface area contributed by atoms with Gasteiger partial charge in [0, 0.05) is 24.8 Å². The number of sulfonamides is 1. The van der Waals surface area contributed by atoms with E-state index >= 15 is 0 Å². The molecule has 1 N–H and O–H groups in total. The number of anilines is 1. The summed E-state index contributed by atoms with van der Waals surface area (Å²) in [4.78, 5) is 31.0. The third-order valence-electron chi connectivity index (χ3n) is 6.87. The van der Waals surface area contributed by atoms with Gasteiger partial charge in [0.25, 0.3) is 5.56 Å². The first-order valence-corrected chi connectivity index (χ1v) is 14.9. The van der Waals surface area contributed by atoms with Crippen LogP contribution in [0.5, 0.6) is 0 Å². The molecule has 0 spiro atoms. The maximum atomic E-state index is 13.3. The number of rotatable bonds is 7. The van der Waals surface area contributed by atoms with Crippen molar-refractivity contribution >= 4 is 44.3 Å². The van der Waals surface area contributed by atoms with E-state index in [1.807, 2.05) is 18.2 Å². The molecule has 36 heavy (non-hydrogen) atoms. The van der Waals surface area contributed by atoms with Gasteiger partial charge >= 0.3 is 0 Å². The Labute approximate surface area is 215 Å². The Morgan fingerprint density at radius 2 is 1.75 bits per heavy atom. The molecule has 2 aliphatic rings. The molecule has 1 saturated carbocycles. The molecule has 2 heterocycles. The number of carbonyl (C=O) groups excluding carboxylic acids is 1. The minimum absolute atomic E-state index is 0.0562. The molecule has 3 aromatic rings. The van der Waals surface area contributed by atoms with E-state index in [2.05, 4.69) is 5.32 Å². The van der Waals surface area contributed by atoms with Crippen molar-refractivity contribution in [3.8, 4) is 0 Å². The molecular formula is C26H30N4O4S2. The number of hydrogen-bond acceptors (Lipinski definition) is 6. The van der Waals surface area contributed by atoms with Crippen LogP contribution in [0.25, 0.3) is 10.9 Å². The lowest BCUT2D eigenvalue weighted by Gasteiger charge is -2.26. The van der Waals surface area contributed by atoms with Crippen LogP contribution >= 0.6 is 11.8 Å². The fourth-order valence-corrected chi connectivity index (χ4v) is 7.46. The van der Waals surface area contributed by atoms with Gasteiger partial charge in [-0.25, -0.2) is 13.4 Å². The molecule has 2 aromatic carbocycles. The average molecular weight is 527 g/mol. The molecule has 0 unspecified atom stereocenters. The van der Waals surface area contributed by atoms with Gasteiger partial charge in [0.15, 0.2) is 5.16 Å². The number of fused-ring (bicyclic) bond motifs is 1. The number of nitrogens with one attached hydrogen (secondary N) is 1. The summed E-state index contributed by atoms with van der Waals surface area (Å²) in [6.45, 7) is 1.05. The Bertz CT molecular complexity index is 1430. The van der Waals surface area contributed by atoms with Gasteiger partial charge in [-0.3, -0.25) is 14.2 Å². The monoisotopic (exact) mass is 526 g/mol. The van der Waals surface area contributed by atoms with E-state index in [4.69, 9.17) is 4.98 Å². The van der Waals surface area contributed by atoms with Crippen molar-refractivity contribution in [2.75, 3.05) is 24.2 Å². The Morgan fingerprint density at radius 1 is 1.00 bits per heavy atom. The third kappa shape index (κ3) is 5.21. The molecule has 0 bridgehead atoms. The molecule has 1 amide bonds. The summed E-state index contributed by atoms with van der Waals surface area (Å²) >= 11 is 1.24. The first-order chi connectivity index (χ1) is 17.4. The number of hydrogen-bond donors (Lipinski definition) is 1. The second-order valence-electron chi connectivity index (χ2n) is 9.35. The number of nitrogens with zero attached hydrogens (tertiary/aromatic N) is 3. The Kier molecular flexibility index (Phi) is 7.45. The number of thioether (sulfide) groups is 1. The Hall–Kier alpha value is -2.69. The van der Waals surface area contributed by atoms with Crippen molar-refractivity contribution in [1.29, 1.82) is 0 Å². The van der Waals surface area contributed by atoms with Crippen molar-refractivity contribution < 1.29 is 13.2 Å². The van der Waals surface area contributed by atoms with Crippen LogP contribution in [-0.4, -0.2) is 47.0 Å². The highest BCUT2D eigenvalue weighted by molar-refractivity contribution is 7.99. The molecule has 0 atom stereocenters. The second-order valence-corrected chi connectivity index (χ2v) is 12.2. The van der Waals surface area contributed by atoms with E-state index in [-0.39, 0.29) is 28.2 Å². The van der Waals surface area contributed by atoms with Crippen LogP contribution in [0.3, 0.4) is 0 Å². The van der Waals surface area contributed by atoms with Crippen molar-refractivity contribution in [2.45, 2.75) is 61.0 Å². The molecule has 1 saturated heterocycles. The molecule has 190 valence electrons. The van der Waals surface area contributed by atoms with Crippen molar-refractivity contribution in [3.05, 3.63) is 58.9 Å². The predicted octanol–water partition coefficient (Wildman–Crippen LogP) is 4.42. The normalized spacial score (nSPS) is 17.4. The van der Waals surface area contributed by atoms with Crippen LogP contribution in [-0.2, 0) is 14.8 Å². The zero-order valence-electron chi connectivity index (χ0n) is 20.1. The summed E-state index contributed by atoms with van der Waals surface area (Å²) < 4.78 is 29.3. The van der Waals surface area contributed by atoms with Gasteiger partial charge in [-0.2, -0.15) is 4.31 Å². The molecule has 0 radical (unpaired) electrons. The summed E-state index contributed by atoms with van der Waals surface area (Å²) in [7, 11) is -3.59. The molecule has 10 heteroatoms. The van der Waals surface area contributed by atoms with E-state index < -0.39 is 10.0 Å². The first kappa shape index (κ1) is 25.0. The maximum Gasteiger partial charge on any atom is 0.262 e. The minimum Gasteiger partial charge on any atom is -0.325 e. The lowest BCUT2D eigenvalue weighted by atomic mass is 10.2. The number of aromatic nitrogens is 2. The number of piperidine rings is 1. The van der Waals surface area contributed by atoms with Crippen molar-refractivity contribution in [3.63, 3.8) is 0 Å². The molecule has 2 fully saturated rings. The lowest BCUT2D eigenvalue weighted by Crippen LogP contribution is -2.35. The second kappa shape index (κ2) is 10.7. The number of benzene rings is 2. The van der Waals surface area contributed by atoms with Gasteiger partial charge in [0.2, 0.25) is 15.9 Å². The van der Waals surface area contributed by atoms with Crippen LogP contribution in [0.15, 0.2) is 63.4 Å². The van der Waals surface area contributed by atoms with E-state index in [9.17, 15) is 18.0 Å². The zero-order chi connectivity index (χ0) is 25.1. The van der Waals surface area contributed by atoms with Crippen LogP contribution in [0.1, 0.15) is 51.0 Å². The van der Waals surface area contributed by atoms with Gasteiger partial charge in [-0.05, 0) is 56.0 Å². The van der Waals surface area contributed by atoms with Crippen molar-refractivity contribution in [1.82, 2.24) is 13.9 Å². The highest BCUT2D eigenvalue weighted by Crippen LogP contribution is 2.32. The number of amides is 1.